The number of hydrogen-bond donors (Lipinski definition) is 1. The number of hydrogen-bond acceptors (Lipinski definition) is 2. The summed E-state index contributed by atoms with van der Waals surface area (Å²) in [5.74, 6) is 0.359. The lowest BCUT2D eigenvalue weighted by atomic mass is 9.89. The maximum Gasteiger partial charge on any atom is 0.251 e. The molecule has 0 aliphatic heterocycles. The van der Waals surface area contributed by atoms with Crippen LogP contribution in [-0.4, -0.2) is 26.2 Å². The predicted molar refractivity (Wildman–Crippen MR) is 78.6 cm³/mol. The van der Waals surface area contributed by atoms with Crippen LogP contribution in [-0.2, 0) is 10.6 Å². The number of ether oxygens (including phenoxy) is 1. The summed E-state index contributed by atoms with van der Waals surface area (Å²) in [6.07, 6.45) is 0.908. The molecule has 1 N–H and O–H groups in total. The number of methoxy groups -OCH3 is 1. The van der Waals surface area contributed by atoms with Crippen LogP contribution in [0.1, 0.15) is 36.2 Å². The van der Waals surface area contributed by atoms with Gasteiger partial charge in [0.15, 0.2) is 0 Å². The highest BCUT2D eigenvalue weighted by Gasteiger charge is 2.19. The van der Waals surface area contributed by atoms with Gasteiger partial charge in [0.2, 0.25) is 0 Å². The number of rotatable bonds is 7. The average Bonchev–Trinajstić information content (AvgIpc) is 2.43. The van der Waals surface area contributed by atoms with Gasteiger partial charge < -0.3 is 10.1 Å². The number of carbonyl (C=O) groups is 1. The Kier molecular flexibility index (Phi) is 6.32. The zero-order valence-corrected chi connectivity index (χ0v) is 12.6. The number of benzene rings is 1. The third kappa shape index (κ3) is 5.62. The largest absolute Gasteiger partial charge is 0.385 e. The van der Waals surface area contributed by atoms with Gasteiger partial charge in [-0.05, 0) is 29.5 Å². The predicted octanol–water partition coefficient (Wildman–Crippen LogP) is 3.22. The van der Waals surface area contributed by atoms with E-state index in [9.17, 15) is 4.79 Å². The molecular formula is C15H22ClNO2. The number of alkyl halides is 1. The first-order valence-corrected chi connectivity index (χ1v) is 6.94. The zero-order chi connectivity index (χ0) is 14.3. The van der Waals surface area contributed by atoms with Crippen LogP contribution in [0.15, 0.2) is 24.3 Å². The number of nitrogens with one attached hydrogen (secondary N) is 1. The minimum Gasteiger partial charge on any atom is -0.385 e. The fourth-order valence-corrected chi connectivity index (χ4v) is 1.85. The Morgan fingerprint density at radius 1 is 1.42 bits per heavy atom. The van der Waals surface area contributed by atoms with Crippen molar-refractivity contribution in [1.82, 2.24) is 5.32 Å². The van der Waals surface area contributed by atoms with Crippen LogP contribution in [0, 0.1) is 5.41 Å². The van der Waals surface area contributed by atoms with Crippen molar-refractivity contribution in [3.8, 4) is 0 Å². The van der Waals surface area contributed by atoms with E-state index in [1.807, 2.05) is 18.2 Å². The maximum absolute atomic E-state index is 12.0. The van der Waals surface area contributed by atoms with E-state index in [4.69, 9.17) is 16.3 Å². The minimum atomic E-state index is -0.0579. The highest BCUT2D eigenvalue weighted by molar-refractivity contribution is 6.17. The number of halogens is 1. The van der Waals surface area contributed by atoms with Crippen molar-refractivity contribution in [2.45, 2.75) is 26.1 Å². The smallest absolute Gasteiger partial charge is 0.251 e. The number of carbonyl (C=O) groups excluding carboxylic acids is 1. The van der Waals surface area contributed by atoms with Crippen molar-refractivity contribution < 1.29 is 9.53 Å². The molecule has 0 atom stereocenters. The molecule has 19 heavy (non-hydrogen) atoms. The van der Waals surface area contributed by atoms with Crippen LogP contribution in [0.25, 0.3) is 0 Å². The molecule has 1 rings (SSSR count). The van der Waals surface area contributed by atoms with Gasteiger partial charge in [-0.15, -0.1) is 11.6 Å². The monoisotopic (exact) mass is 283 g/mol. The Hall–Kier alpha value is -1.06. The summed E-state index contributed by atoms with van der Waals surface area (Å²) < 4.78 is 5.07. The lowest BCUT2D eigenvalue weighted by Gasteiger charge is -2.24. The van der Waals surface area contributed by atoms with Gasteiger partial charge in [-0.2, -0.15) is 0 Å². The Labute approximate surface area is 120 Å². The van der Waals surface area contributed by atoms with Gasteiger partial charge in [-0.25, -0.2) is 0 Å². The molecule has 0 saturated carbocycles. The molecule has 0 aliphatic carbocycles. The van der Waals surface area contributed by atoms with E-state index in [-0.39, 0.29) is 11.3 Å². The molecule has 3 nitrogen and oxygen atoms in total. The van der Waals surface area contributed by atoms with Crippen LogP contribution in [0.4, 0.5) is 0 Å². The van der Waals surface area contributed by atoms with Gasteiger partial charge in [0, 0.05) is 31.7 Å². The molecule has 0 radical (unpaired) electrons. The molecule has 0 bridgehead atoms. The lowest BCUT2D eigenvalue weighted by Crippen LogP contribution is -2.34. The standard InChI is InChI=1S/C15H22ClNO2/c1-15(2,7-8-19-3)11-17-14(18)13-6-4-5-12(9-13)10-16/h4-6,9H,7-8,10-11H2,1-3H3,(H,17,18). The average molecular weight is 284 g/mol. The van der Waals surface area contributed by atoms with E-state index >= 15 is 0 Å². The second kappa shape index (κ2) is 7.51. The molecule has 0 fully saturated rings. The summed E-state index contributed by atoms with van der Waals surface area (Å²) in [7, 11) is 1.69. The first-order chi connectivity index (χ1) is 8.98. The van der Waals surface area contributed by atoms with Crippen molar-refractivity contribution in [3.63, 3.8) is 0 Å². The first kappa shape index (κ1) is 16.0. The van der Waals surface area contributed by atoms with Gasteiger partial charge >= 0.3 is 0 Å². The molecule has 1 amide bonds. The summed E-state index contributed by atoms with van der Waals surface area (Å²) in [4.78, 5) is 12.0. The molecule has 106 valence electrons. The molecular weight excluding hydrogens is 262 g/mol. The van der Waals surface area contributed by atoms with E-state index in [0.717, 1.165) is 12.0 Å². The van der Waals surface area contributed by atoms with Gasteiger partial charge in [0.25, 0.3) is 5.91 Å². The minimum absolute atomic E-state index is 0.0236. The first-order valence-electron chi connectivity index (χ1n) is 6.40. The Morgan fingerprint density at radius 2 is 2.16 bits per heavy atom. The Morgan fingerprint density at radius 3 is 2.79 bits per heavy atom. The van der Waals surface area contributed by atoms with Crippen molar-refractivity contribution in [1.29, 1.82) is 0 Å². The fourth-order valence-electron chi connectivity index (χ4n) is 1.68. The van der Waals surface area contributed by atoms with Crippen LogP contribution in [0.5, 0.6) is 0 Å². The third-order valence-electron chi connectivity index (χ3n) is 3.05. The quantitative estimate of drug-likeness (QED) is 0.780. The van der Waals surface area contributed by atoms with Crippen molar-refractivity contribution >= 4 is 17.5 Å². The Bertz CT molecular complexity index is 418. The highest BCUT2D eigenvalue weighted by Crippen LogP contribution is 2.19. The lowest BCUT2D eigenvalue weighted by molar-refractivity contribution is 0.0921. The highest BCUT2D eigenvalue weighted by atomic mass is 35.5. The zero-order valence-electron chi connectivity index (χ0n) is 11.8. The molecule has 4 heteroatoms. The molecule has 0 aliphatic rings. The maximum atomic E-state index is 12.0. The van der Waals surface area contributed by atoms with Crippen molar-refractivity contribution in [2.75, 3.05) is 20.3 Å². The van der Waals surface area contributed by atoms with Crippen LogP contribution < -0.4 is 5.32 Å². The number of amides is 1. The molecule has 0 unspecified atom stereocenters. The van der Waals surface area contributed by atoms with E-state index in [0.29, 0.717) is 24.6 Å². The topological polar surface area (TPSA) is 38.3 Å². The third-order valence-corrected chi connectivity index (χ3v) is 3.36. The summed E-state index contributed by atoms with van der Waals surface area (Å²) in [5.41, 5.74) is 1.63. The summed E-state index contributed by atoms with van der Waals surface area (Å²) in [6.45, 7) is 5.55. The van der Waals surface area contributed by atoms with E-state index in [1.165, 1.54) is 0 Å². The molecule has 0 saturated heterocycles. The molecule has 0 spiro atoms. The van der Waals surface area contributed by atoms with E-state index in [2.05, 4.69) is 19.2 Å². The SMILES string of the molecule is COCCC(C)(C)CNC(=O)c1cccc(CCl)c1. The molecule has 0 aromatic heterocycles. The van der Waals surface area contributed by atoms with Gasteiger partial charge in [-0.1, -0.05) is 26.0 Å². The summed E-state index contributed by atoms with van der Waals surface area (Å²) in [6, 6.07) is 7.38. The van der Waals surface area contributed by atoms with E-state index < -0.39 is 0 Å². The fraction of sp³-hybridized carbons (Fsp3) is 0.533. The van der Waals surface area contributed by atoms with Gasteiger partial charge in [0.1, 0.15) is 0 Å². The van der Waals surface area contributed by atoms with Crippen LogP contribution in [0.3, 0.4) is 0 Å². The Balaban J connectivity index is 2.55. The van der Waals surface area contributed by atoms with Crippen molar-refractivity contribution in [3.05, 3.63) is 35.4 Å². The van der Waals surface area contributed by atoms with Gasteiger partial charge in [0.05, 0.1) is 0 Å². The second-order valence-electron chi connectivity index (χ2n) is 5.42. The molecule has 0 heterocycles. The normalized spacial score (nSPS) is 11.4. The van der Waals surface area contributed by atoms with Gasteiger partial charge in [-0.3, -0.25) is 4.79 Å². The second-order valence-corrected chi connectivity index (χ2v) is 5.69. The van der Waals surface area contributed by atoms with Crippen LogP contribution in [0.2, 0.25) is 0 Å². The van der Waals surface area contributed by atoms with Crippen LogP contribution >= 0.6 is 11.6 Å². The summed E-state index contributed by atoms with van der Waals surface area (Å²) in [5, 5.41) is 2.96. The summed E-state index contributed by atoms with van der Waals surface area (Å²) >= 11 is 5.76. The van der Waals surface area contributed by atoms with E-state index in [1.54, 1.807) is 13.2 Å². The molecule has 1 aromatic rings. The molecule has 1 aromatic carbocycles. The van der Waals surface area contributed by atoms with Crippen molar-refractivity contribution in [2.24, 2.45) is 5.41 Å².